The lowest BCUT2D eigenvalue weighted by Gasteiger charge is -2.11. The Hall–Kier alpha value is -1.96. The molecule has 0 spiro atoms. The van der Waals surface area contributed by atoms with E-state index >= 15 is 0 Å². The third-order valence-electron chi connectivity index (χ3n) is 3.11. The highest BCUT2D eigenvalue weighted by Gasteiger charge is 2.02. The number of rotatable bonds is 4. The van der Waals surface area contributed by atoms with Crippen LogP contribution in [-0.4, -0.2) is 11.7 Å². The quantitative estimate of drug-likeness (QED) is 0.801. The first-order valence-corrected chi connectivity index (χ1v) is 6.25. The molecule has 94 valence electrons. The van der Waals surface area contributed by atoms with Gasteiger partial charge in [-0.3, -0.25) is 0 Å². The summed E-state index contributed by atoms with van der Waals surface area (Å²) in [6.07, 6.45) is 1.00. The Morgan fingerprint density at radius 3 is 2.44 bits per heavy atom. The van der Waals surface area contributed by atoms with Gasteiger partial charge in [-0.05, 0) is 49.1 Å². The minimum atomic E-state index is 0.362. The number of phenols is 1. The molecule has 0 unspecified atom stereocenters. The van der Waals surface area contributed by atoms with Crippen LogP contribution in [0.3, 0.4) is 0 Å². The number of aromatic hydroxyl groups is 1. The van der Waals surface area contributed by atoms with Crippen LogP contribution < -0.4 is 5.32 Å². The Morgan fingerprint density at radius 1 is 1.00 bits per heavy atom. The van der Waals surface area contributed by atoms with Crippen LogP contribution in [0.1, 0.15) is 16.7 Å². The Balaban J connectivity index is 1.97. The third kappa shape index (κ3) is 3.04. The highest BCUT2D eigenvalue weighted by molar-refractivity contribution is 5.56. The van der Waals surface area contributed by atoms with Gasteiger partial charge in [-0.1, -0.05) is 30.3 Å². The van der Waals surface area contributed by atoms with Crippen LogP contribution in [-0.2, 0) is 6.42 Å². The van der Waals surface area contributed by atoms with Gasteiger partial charge in [-0.25, -0.2) is 0 Å². The summed E-state index contributed by atoms with van der Waals surface area (Å²) in [7, 11) is 0. The molecule has 0 atom stereocenters. The van der Waals surface area contributed by atoms with E-state index < -0.39 is 0 Å². The van der Waals surface area contributed by atoms with Gasteiger partial charge >= 0.3 is 0 Å². The number of nitrogens with one attached hydrogen (secondary N) is 1. The summed E-state index contributed by atoms with van der Waals surface area (Å²) in [4.78, 5) is 0. The summed E-state index contributed by atoms with van der Waals surface area (Å²) in [6, 6.07) is 14.2. The standard InChI is InChI=1S/C16H19NO/c1-12-11-16(18)13(2)10-15(12)17-9-8-14-6-4-3-5-7-14/h3-7,10-11,17-18H,8-9H2,1-2H3. The number of aryl methyl sites for hydroxylation is 2. The topological polar surface area (TPSA) is 32.3 Å². The van der Waals surface area contributed by atoms with Crippen molar-refractivity contribution in [1.82, 2.24) is 0 Å². The molecule has 0 fully saturated rings. The van der Waals surface area contributed by atoms with Crippen molar-refractivity contribution in [1.29, 1.82) is 0 Å². The zero-order chi connectivity index (χ0) is 13.0. The molecular weight excluding hydrogens is 222 g/mol. The molecule has 0 aromatic heterocycles. The van der Waals surface area contributed by atoms with Crippen LogP contribution in [0.25, 0.3) is 0 Å². The highest BCUT2D eigenvalue weighted by Crippen LogP contribution is 2.24. The van der Waals surface area contributed by atoms with Crippen molar-refractivity contribution in [2.24, 2.45) is 0 Å². The molecule has 0 saturated heterocycles. The molecule has 0 aliphatic rings. The van der Waals surface area contributed by atoms with Crippen LogP contribution in [0, 0.1) is 13.8 Å². The molecule has 18 heavy (non-hydrogen) atoms. The molecule has 0 saturated carbocycles. The monoisotopic (exact) mass is 241 g/mol. The largest absolute Gasteiger partial charge is 0.508 e. The van der Waals surface area contributed by atoms with Gasteiger partial charge in [-0.2, -0.15) is 0 Å². The van der Waals surface area contributed by atoms with Crippen molar-refractivity contribution in [2.75, 3.05) is 11.9 Å². The molecular formula is C16H19NO. The van der Waals surface area contributed by atoms with Gasteiger partial charge < -0.3 is 10.4 Å². The minimum absolute atomic E-state index is 0.362. The summed E-state index contributed by atoms with van der Waals surface area (Å²) in [5, 5.41) is 13.0. The van der Waals surface area contributed by atoms with Crippen LogP contribution in [0.15, 0.2) is 42.5 Å². The predicted molar refractivity (Wildman–Crippen MR) is 76.2 cm³/mol. The minimum Gasteiger partial charge on any atom is -0.508 e. The van der Waals surface area contributed by atoms with Gasteiger partial charge in [0.15, 0.2) is 0 Å². The molecule has 2 aromatic rings. The molecule has 2 heteroatoms. The molecule has 2 nitrogen and oxygen atoms in total. The van der Waals surface area contributed by atoms with E-state index in [1.54, 1.807) is 6.07 Å². The Kier molecular flexibility index (Phi) is 3.88. The second-order valence-corrected chi connectivity index (χ2v) is 4.62. The van der Waals surface area contributed by atoms with E-state index in [1.165, 1.54) is 5.56 Å². The molecule has 0 amide bonds. The first-order chi connectivity index (χ1) is 8.66. The smallest absolute Gasteiger partial charge is 0.118 e. The van der Waals surface area contributed by atoms with Crippen molar-refractivity contribution in [3.05, 3.63) is 59.2 Å². The summed E-state index contributed by atoms with van der Waals surface area (Å²) in [5.41, 5.74) is 4.41. The fourth-order valence-corrected chi connectivity index (χ4v) is 1.98. The summed E-state index contributed by atoms with van der Waals surface area (Å²) in [6.45, 7) is 4.82. The van der Waals surface area contributed by atoms with E-state index in [0.717, 1.165) is 29.8 Å². The lowest BCUT2D eigenvalue weighted by atomic mass is 10.1. The Labute approximate surface area is 108 Å². The normalized spacial score (nSPS) is 10.3. The van der Waals surface area contributed by atoms with Crippen molar-refractivity contribution in [3.63, 3.8) is 0 Å². The second kappa shape index (κ2) is 5.58. The van der Waals surface area contributed by atoms with Gasteiger partial charge in [0.2, 0.25) is 0 Å². The number of hydrogen-bond acceptors (Lipinski definition) is 2. The van der Waals surface area contributed by atoms with Gasteiger partial charge in [-0.15, -0.1) is 0 Å². The van der Waals surface area contributed by atoms with Crippen molar-refractivity contribution < 1.29 is 5.11 Å². The fraction of sp³-hybridized carbons (Fsp3) is 0.250. The Morgan fingerprint density at radius 2 is 1.72 bits per heavy atom. The van der Waals surface area contributed by atoms with Gasteiger partial charge in [0.1, 0.15) is 5.75 Å². The average Bonchev–Trinajstić information content (AvgIpc) is 2.37. The summed E-state index contributed by atoms with van der Waals surface area (Å²) >= 11 is 0. The SMILES string of the molecule is Cc1cc(NCCc2ccccc2)c(C)cc1O. The molecule has 0 heterocycles. The maximum absolute atomic E-state index is 9.60. The summed E-state index contributed by atoms with van der Waals surface area (Å²) < 4.78 is 0. The first kappa shape index (κ1) is 12.5. The lowest BCUT2D eigenvalue weighted by molar-refractivity contribution is 0.471. The predicted octanol–water partition coefficient (Wildman–Crippen LogP) is 3.66. The maximum Gasteiger partial charge on any atom is 0.118 e. The van der Waals surface area contributed by atoms with Crippen LogP contribution in [0.5, 0.6) is 5.75 Å². The van der Waals surface area contributed by atoms with E-state index in [-0.39, 0.29) is 0 Å². The highest BCUT2D eigenvalue weighted by atomic mass is 16.3. The molecule has 0 bridgehead atoms. The fourth-order valence-electron chi connectivity index (χ4n) is 1.98. The van der Waals surface area contributed by atoms with Gasteiger partial charge in [0.05, 0.1) is 0 Å². The number of benzene rings is 2. The van der Waals surface area contributed by atoms with E-state index in [9.17, 15) is 5.11 Å². The molecule has 2 N–H and O–H groups in total. The first-order valence-electron chi connectivity index (χ1n) is 6.25. The molecule has 2 aromatic carbocycles. The van der Waals surface area contributed by atoms with Crippen molar-refractivity contribution in [3.8, 4) is 5.75 Å². The van der Waals surface area contributed by atoms with E-state index in [1.807, 2.05) is 26.0 Å². The van der Waals surface area contributed by atoms with E-state index in [4.69, 9.17) is 0 Å². The van der Waals surface area contributed by atoms with E-state index in [2.05, 4.69) is 29.6 Å². The van der Waals surface area contributed by atoms with Gasteiger partial charge in [0, 0.05) is 12.2 Å². The third-order valence-corrected chi connectivity index (χ3v) is 3.11. The Bertz CT molecular complexity index is 520. The molecule has 0 aliphatic carbocycles. The zero-order valence-corrected chi connectivity index (χ0v) is 10.9. The van der Waals surface area contributed by atoms with E-state index in [0.29, 0.717) is 5.75 Å². The average molecular weight is 241 g/mol. The van der Waals surface area contributed by atoms with Crippen LogP contribution in [0.2, 0.25) is 0 Å². The molecule has 0 aliphatic heterocycles. The van der Waals surface area contributed by atoms with Crippen LogP contribution >= 0.6 is 0 Å². The number of anilines is 1. The lowest BCUT2D eigenvalue weighted by Crippen LogP contribution is -2.06. The number of hydrogen-bond donors (Lipinski definition) is 2. The maximum atomic E-state index is 9.60. The summed E-state index contributed by atoms with van der Waals surface area (Å²) in [5.74, 6) is 0.362. The second-order valence-electron chi connectivity index (χ2n) is 4.62. The number of phenolic OH excluding ortho intramolecular Hbond substituents is 1. The van der Waals surface area contributed by atoms with Crippen molar-refractivity contribution in [2.45, 2.75) is 20.3 Å². The molecule has 0 radical (unpaired) electrons. The zero-order valence-electron chi connectivity index (χ0n) is 10.9. The molecule has 2 rings (SSSR count). The van der Waals surface area contributed by atoms with Crippen molar-refractivity contribution >= 4 is 5.69 Å². The van der Waals surface area contributed by atoms with Gasteiger partial charge in [0.25, 0.3) is 0 Å². The van der Waals surface area contributed by atoms with Crippen LogP contribution in [0.4, 0.5) is 5.69 Å².